The van der Waals surface area contributed by atoms with Crippen LogP contribution in [0.2, 0.25) is 0 Å². The smallest absolute Gasteiger partial charge is 0.254 e. The average Bonchev–Trinajstić information content (AvgIpc) is 3.26. The third kappa shape index (κ3) is 5.43. The second-order valence-electron chi connectivity index (χ2n) is 8.37. The molecule has 0 spiro atoms. The van der Waals surface area contributed by atoms with Crippen LogP contribution in [0.1, 0.15) is 27.0 Å². The number of hydrogen-bond acceptors (Lipinski definition) is 6. The van der Waals surface area contributed by atoms with E-state index in [1.54, 1.807) is 7.11 Å². The van der Waals surface area contributed by atoms with E-state index in [0.29, 0.717) is 44.4 Å². The number of rotatable bonds is 8. The second kappa shape index (κ2) is 10.6. The Morgan fingerprint density at radius 3 is 2.55 bits per heavy atom. The standard InChI is InChI=1S/C26H31N3O4/c1-19-7-9-21(10-8-19)25(30)29(11-14-31-3)18-23-24(22-6-4-5-20(2)17-22)27-33-26(23)28-12-15-32-16-13-28/h4-10,17H,11-16,18H2,1-3H3. The Kier molecular flexibility index (Phi) is 7.42. The number of ether oxygens (including phenoxy) is 2. The fourth-order valence-electron chi connectivity index (χ4n) is 4.00. The molecule has 0 bridgehead atoms. The van der Waals surface area contributed by atoms with E-state index in [4.69, 9.17) is 14.0 Å². The fraction of sp³-hybridized carbons (Fsp3) is 0.385. The number of nitrogens with zero attached hydrogens (tertiary/aromatic N) is 3. The molecule has 0 atom stereocenters. The van der Waals surface area contributed by atoms with Crippen LogP contribution in [-0.2, 0) is 16.0 Å². The zero-order chi connectivity index (χ0) is 23.2. The van der Waals surface area contributed by atoms with Crippen molar-refractivity contribution < 1.29 is 18.8 Å². The van der Waals surface area contributed by atoms with Gasteiger partial charge in [-0.1, -0.05) is 46.6 Å². The number of benzene rings is 2. The molecule has 1 amide bonds. The summed E-state index contributed by atoms with van der Waals surface area (Å²) in [7, 11) is 1.64. The molecule has 0 aliphatic carbocycles. The van der Waals surface area contributed by atoms with Gasteiger partial charge in [-0.3, -0.25) is 4.79 Å². The normalized spacial score (nSPS) is 13.8. The number of aryl methyl sites for hydroxylation is 2. The number of aromatic nitrogens is 1. The molecule has 0 unspecified atom stereocenters. The first-order chi connectivity index (χ1) is 16.1. The lowest BCUT2D eigenvalue weighted by molar-refractivity contribution is 0.0680. The van der Waals surface area contributed by atoms with Gasteiger partial charge >= 0.3 is 0 Å². The molecule has 4 rings (SSSR count). The van der Waals surface area contributed by atoms with E-state index >= 15 is 0 Å². The minimum absolute atomic E-state index is 0.0450. The number of hydrogen-bond donors (Lipinski definition) is 0. The van der Waals surface area contributed by atoms with Gasteiger partial charge in [-0.25, -0.2) is 0 Å². The molecule has 1 aromatic heterocycles. The molecule has 0 N–H and O–H groups in total. The fourth-order valence-corrected chi connectivity index (χ4v) is 4.00. The van der Waals surface area contributed by atoms with Crippen molar-refractivity contribution in [3.63, 3.8) is 0 Å². The van der Waals surface area contributed by atoms with Gasteiger partial charge in [-0.15, -0.1) is 0 Å². The molecular weight excluding hydrogens is 418 g/mol. The molecule has 7 heteroatoms. The van der Waals surface area contributed by atoms with Crippen LogP contribution in [0.25, 0.3) is 11.3 Å². The first-order valence-corrected chi connectivity index (χ1v) is 11.3. The lowest BCUT2D eigenvalue weighted by Gasteiger charge is -2.28. The van der Waals surface area contributed by atoms with Gasteiger partial charge in [0.05, 0.1) is 31.9 Å². The van der Waals surface area contributed by atoms with Crippen LogP contribution in [-0.4, -0.2) is 62.5 Å². The van der Waals surface area contributed by atoms with E-state index in [9.17, 15) is 4.79 Å². The molecule has 0 saturated carbocycles. The first kappa shape index (κ1) is 23.0. The maximum absolute atomic E-state index is 13.5. The van der Waals surface area contributed by atoms with Crippen LogP contribution in [0.15, 0.2) is 53.1 Å². The number of carbonyl (C=O) groups is 1. The molecule has 1 fully saturated rings. The Bertz CT molecular complexity index is 1070. The molecule has 174 valence electrons. The van der Waals surface area contributed by atoms with Crippen LogP contribution >= 0.6 is 0 Å². The molecule has 7 nitrogen and oxygen atoms in total. The largest absolute Gasteiger partial charge is 0.383 e. The Hall–Kier alpha value is -3.16. The first-order valence-electron chi connectivity index (χ1n) is 11.3. The van der Waals surface area contributed by atoms with Crippen molar-refractivity contribution in [3.8, 4) is 11.3 Å². The summed E-state index contributed by atoms with van der Waals surface area (Å²) in [6.07, 6.45) is 0. The average molecular weight is 450 g/mol. The van der Waals surface area contributed by atoms with Crippen molar-refractivity contribution in [1.82, 2.24) is 10.1 Å². The summed E-state index contributed by atoms with van der Waals surface area (Å²) in [4.78, 5) is 17.4. The maximum Gasteiger partial charge on any atom is 0.254 e. The topological polar surface area (TPSA) is 68.0 Å². The molecule has 2 aromatic carbocycles. The number of carbonyl (C=O) groups excluding carboxylic acids is 1. The molecule has 3 aromatic rings. The lowest BCUT2D eigenvalue weighted by atomic mass is 10.0. The van der Waals surface area contributed by atoms with Crippen molar-refractivity contribution in [2.75, 3.05) is 51.5 Å². The van der Waals surface area contributed by atoms with Crippen LogP contribution in [0.4, 0.5) is 5.88 Å². The molecule has 1 aliphatic rings. The number of methoxy groups -OCH3 is 1. The van der Waals surface area contributed by atoms with Crippen LogP contribution in [0.3, 0.4) is 0 Å². The monoisotopic (exact) mass is 449 g/mol. The van der Waals surface area contributed by atoms with Gasteiger partial charge < -0.3 is 23.8 Å². The Morgan fingerprint density at radius 1 is 1.09 bits per heavy atom. The Labute approximate surface area is 194 Å². The van der Waals surface area contributed by atoms with Gasteiger partial charge in [-0.2, -0.15) is 0 Å². The molecule has 1 aliphatic heterocycles. The molecule has 2 heterocycles. The predicted octanol–water partition coefficient (Wildman–Crippen LogP) is 4.08. The molecular formula is C26H31N3O4. The van der Waals surface area contributed by atoms with Crippen LogP contribution < -0.4 is 4.90 Å². The van der Waals surface area contributed by atoms with E-state index < -0.39 is 0 Å². The minimum atomic E-state index is -0.0450. The molecule has 1 saturated heterocycles. The molecule has 33 heavy (non-hydrogen) atoms. The Morgan fingerprint density at radius 2 is 1.85 bits per heavy atom. The zero-order valence-electron chi connectivity index (χ0n) is 19.5. The van der Waals surface area contributed by atoms with Gasteiger partial charge in [0.25, 0.3) is 5.91 Å². The second-order valence-corrected chi connectivity index (χ2v) is 8.37. The summed E-state index contributed by atoms with van der Waals surface area (Å²) in [5, 5.41) is 4.45. The highest BCUT2D eigenvalue weighted by molar-refractivity contribution is 5.94. The third-order valence-corrected chi connectivity index (χ3v) is 5.86. The van der Waals surface area contributed by atoms with Crippen molar-refractivity contribution in [3.05, 3.63) is 70.8 Å². The summed E-state index contributed by atoms with van der Waals surface area (Å²) in [5.74, 6) is 0.658. The quantitative estimate of drug-likeness (QED) is 0.516. The zero-order valence-corrected chi connectivity index (χ0v) is 19.5. The highest BCUT2D eigenvalue weighted by atomic mass is 16.5. The van der Waals surface area contributed by atoms with Crippen molar-refractivity contribution in [2.45, 2.75) is 20.4 Å². The van der Waals surface area contributed by atoms with Gasteiger partial charge in [-0.05, 0) is 32.0 Å². The highest BCUT2D eigenvalue weighted by Gasteiger charge is 2.27. The SMILES string of the molecule is COCCN(Cc1c(-c2cccc(C)c2)noc1N1CCOCC1)C(=O)c1ccc(C)cc1. The minimum Gasteiger partial charge on any atom is -0.383 e. The van der Waals surface area contributed by atoms with E-state index in [-0.39, 0.29) is 5.91 Å². The van der Waals surface area contributed by atoms with E-state index in [0.717, 1.165) is 41.0 Å². The predicted molar refractivity (Wildman–Crippen MR) is 128 cm³/mol. The van der Waals surface area contributed by atoms with Crippen LogP contribution in [0.5, 0.6) is 0 Å². The van der Waals surface area contributed by atoms with E-state index in [1.165, 1.54) is 0 Å². The van der Waals surface area contributed by atoms with Crippen LogP contribution in [0, 0.1) is 13.8 Å². The van der Waals surface area contributed by atoms with Crippen molar-refractivity contribution in [1.29, 1.82) is 0 Å². The number of amides is 1. The van der Waals surface area contributed by atoms with Gasteiger partial charge in [0.15, 0.2) is 0 Å². The summed E-state index contributed by atoms with van der Waals surface area (Å²) in [6.45, 7) is 8.05. The van der Waals surface area contributed by atoms with Crippen molar-refractivity contribution >= 4 is 11.8 Å². The number of morpholine rings is 1. The van der Waals surface area contributed by atoms with E-state index in [1.807, 2.05) is 48.2 Å². The third-order valence-electron chi connectivity index (χ3n) is 5.86. The summed E-state index contributed by atoms with van der Waals surface area (Å²) in [5.41, 5.74) is 5.55. The highest BCUT2D eigenvalue weighted by Crippen LogP contribution is 2.33. The van der Waals surface area contributed by atoms with Gasteiger partial charge in [0, 0.05) is 37.9 Å². The molecule has 0 radical (unpaired) electrons. The van der Waals surface area contributed by atoms with Gasteiger partial charge in [0.1, 0.15) is 5.69 Å². The summed E-state index contributed by atoms with van der Waals surface area (Å²) >= 11 is 0. The van der Waals surface area contributed by atoms with Crippen molar-refractivity contribution in [2.24, 2.45) is 0 Å². The number of anilines is 1. The van der Waals surface area contributed by atoms with E-state index in [2.05, 4.69) is 29.1 Å². The van der Waals surface area contributed by atoms with Gasteiger partial charge in [0.2, 0.25) is 5.88 Å². The summed E-state index contributed by atoms with van der Waals surface area (Å²) in [6, 6.07) is 15.8. The lowest BCUT2D eigenvalue weighted by Crippen LogP contribution is -2.38. The maximum atomic E-state index is 13.5. The Balaban J connectivity index is 1.72. The summed E-state index contributed by atoms with van der Waals surface area (Å²) < 4.78 is 16.7.